The molecular weight excluding hydrogens is 228 g/mol. The Labute approximate surface area is 106 Å². The summed E-state index contributed by atoms with van der Waals surface area (Å²) in [5.74, 6) is 1.46. The maximum atomic E-state index is 12.0. The number of carbonyl (C=O) groups excluding carboxylic acids is 1. The van der Waals surface area contributed by atoms with Gasteiger partial charge in [0.1, 0.15) is 11.5 Å². The van der Waals surface area contributed by atoms with Crippen molar-refractivity contribution in [3.05, 3.63) is 53.0 Å². The fraction of sp³-hybridized carbons (Fsp3) is 0.214. The van der Waals surface area contributed by atoms with Crippen molar-refractivity contribution in [2.24, 2.45) is 0 Å². The quantitative estimate of drug-likeness (QED) is 0.815. The summed E-state index contributed by atoms with van der Waals surface area (Å²) >= 11 is 0. The first kappa shape index (κ1) is 12.2. The molecule has 1 aromatic carbocycles. The number of nitrogen functional groups attached to an aromatic ring is 1. The average Bonchev–Trinajstić information content (AvgIpc) is 2.72. The monoisotopic (exact) mass is 244 g/mol. The molecule has 0 aliphatic heterocycles. The summed E-state index contributed by atoms with van der Waals surface area (Å²) in [5.41, 5.74) is 7.80. The topological polar surface area (TPSA) is 68.3 Å². The number of carbonyl (C=O) groups is 1. The predicted octanol–water partition coefficient (Wildman–Crippen LogP) is 2.41. The van der Waals surface area contributed by atoms with Gasteiger partial charge in [-0.1, -0.05) is 0 Å². The highest BCUT2D eigenvalue weighted by molar-refractivity contribution is 5.95. The van der Waals surface area contributed by atoms with E-state index < -0.39 is 0 Å². The fourth-order valence-electron chi connectivity index (χ4n) is 1.78. The van der Waals surface area contributed by atoms with Gasteiger partial charge in [-0.3, -0.25) is 4.79 Å². The van der Waals surface area contributed by atoms with E-state index in [1.165, 1.54) is 0 Å². The average molecular weight is 244 g/mol. The third-order valence-electron chi connectivity index (χ3n) is 2.71. The van der Waals surface area contributed by atoms with Crippen LogP contribution in [0.1, 0.15) is 27.4 Å². The van der Waals surface area contributed by atoms with E-state index in [1.807, 2.05) is 26.0 Å². The number of furan rings is 1. The van der Waals surface area contributed by atoms with Gasteiger partial charge in [-0.2, -0.15) is 0 Å². The van der Waals surface area contributed by atoms with E-state index in [0.717, 1.165) is 17.1 Å². The molecule has 4 nitrogen and oxygen atoms in total. The summed E-state index contributed by atoms with van der Waals surface area (Å²) in [7, 11) is 0. The van der Waals surface area contributed by atoms with Crippen molar-refractivity contribution in [1.82, 2.24) is 5.32 Å². The molecule has 18 heavy (non-hydrogen) atoms. The van der Waals surface area contributed by atoms with Crippen molar-refractivity contribution in [1.29, 1.82) is 0 Å². The van der Waals surface area contributed by atoms with Crippen molar-refractivity contribution in [3.63, 3.8) is 0 Å². The highest BCUT2D eigenvalue weighted by atomic mass is 16.3. The van der Waals surface area contributed by atoms with Crippen LogP contribution in [0.25, 0.3) is 0 Å². The van der Waals surface area contributed by atoms with Gasteiger partial charge in [0.2, 0.25) is 0 Å². The first-order chi connectivity index (χ1) is 8.56. The van der Waals surface area contributed by atoms with Crippen LogP contribution in [0.3, 0.4) is 0 Å². The van der Waals surface area contributed by atoms with Crippen LogP contribution < -0.4 is 11.1 Å². The van der Waals surface area contributed by atoms with E-state index >= 15 is 0 Å². The number of rotatable bonds is 3. The van der Waals surface area contributed by atoms with E-state index in [-0.39, 0.29) is 5.91 Å². The largest absolute Gasteiger partial charge is 0.465 e. The first-order valence-corrected chi connectivity index (χ1v) is 5.76. The van der Waals surface area contributed by atoms with Crippen molar-refractivity contribution in [2.75, 3.05) is 5.73 Å². The van der Waals surface area contributed by atoms with Crippen LogP contribution in [0.5, 0.6) is 0 Å². The van der Waals surface area contributed by atoms with Gasteiger partial charge in [0.25, 0.3) is 5.91 Å². The lowest BCUT2D eigenvalue weighted by atomic mass is 10.1. The summed E-state index contributed by atoms with van der Waals surface area (Å²) in [6, 6.07) is 8.96. The van der Waals surface area contributed by atoms with Gasteiger partial charge in [0.05, 0.1) is 6.54 Å². The zero-order valence-electron chi connectivity index (χ0n) is 10.5. The Morgan fingerprint density at radius 3 is 2.67 bits per heavy atom. The van der Waals surface area contributed by atoms with Crippen LogP contribution in [0.2, 0.25) is 0 Å². The molecule has 0 saturated heterocycles. The van der Waals surface area contributed by atoms with Gasteiger partial charge in [0, 0.05) is 11.3 Å². The van der Waals surface area contributed by atoms with Gasteiger partial charge in [0.15, 0.2) is 0 Å². The highest BCUT2D eigenvalue weighted by Gasteiger charge is 2.09. The molecule has 0 unspecified atom stereocenters. The second-order valence-electron chi connectivity index (χ2n) is 4.27. The van der Waals surface area contributed by atoms with Crippen molar-refractivity contribution < 1.29 is 9.21 Å². The molecule has 0 aliphatic rings. The molecule has 0 aliphatic carbocycles. The summed E-state index contributed by atoms with van der Waals surface area (Å²) in [6.07, 6.45) is 0. The predicted molar refractivity (Wildman–Crippen MR) is 70.2 cm³/mol. The maximum absolute atomic E-state index is 12.0. The summed E-state index contributed by atoms with van der Waals surface area (Å²) in [4.78, 5) is 12.0. The van der Waals surface area contributed by atoms with E-state index in [0.29, 0.717) is 17.8 Å². The molecule has 0 atom stereocenters. The lowest BCUT2D eigenvalue weighted by Crippen LogP contribution is -2.23. The van der Waals surface area contributed by atoms with Crippen LogP contribution in [0.15, 0.2) is 34.7 Å². The van der Waals surface area contributed by atoms with Crippen molar-refractivity contribution in [2.45, 2.75) is 20.4 Å². The Morgan fingerprint density at radius 2 is 2.06 bits per heavy atom. The Morgan fingerprint density at radius 1 is 1.28 bits per heavy atom. The van der Waals surface area contributed by atoms with E-state index in [2.05, 4.69) is 5.32 Å². The molecule has 1 heterocycles. The number of nitrogens with two attached hydrogens (primary N) is 1. The minimum atomic E-state index is -0.124. The lowest BCUT2D eigenvalue weighted by Gasteiger charge is -2.07. The Balaban J connectivity index is 2.03. The molecular formula is C14H16N2O2. The van der Waals surface area contributed by atoms with E-state index in [9.17, 15) is 4.79 Å². The van der Waals surface area contributed by atoms with Gasteiger partial charge in [-0.25, -0.2) is 0 Å². The second-order valence-corrected chi connectivity index (χ2v) is 4.27. The molecule has 4 heteroatoms. The van der Waals surface area contributed by atoms with Gasteiger partial charge in [-0.15, -0.1) is 0 Å². The number of hydrogen-bond donors (Lipinski definition) is 2. The number of anilines is 1. The summed E-state index contributed by atoms with van der Waals surface area (Å²) < 4.78 is 5.38. The van der Waals surface area contributed by atoms with Crippen LogP contribution >= 0.6 is 0 Å². The zero-order valence-corrected chi connectivity index (χ0v) is 10.5. The molecule has 3 N–H and O–H groups in total. The Kier molecular flexibility index (Phi) is 3.37. The molecule has 0 fully saturated rings. The normalized spacial score (nSPS) is 10.3. The molecule has 0 radical (unpaired) electrons. The van der Waals surface area contributed by atoms with Crippen LogP contribution in [-0.4, -0.2) is 5.91 Å². The molecule has 1 aromatic heterocycles. The zero-order chi connectivity index (χ0) is 13.1. The van der Waals surface area contributed by atoms with Crippen LogP contribution in [0, 0.1) is 13.8 Å². The summed E-state index contributed by atoms with van der Waals surface area (Å²) in [5, 5.41) is 2.82. The van der Waals surface area contributed by atoms with Crippen LogP contribution in [0.4, 0.5) is 5.69 Å². The number of benzene rings is 1. The van der Waals surface area contributed by atoms with Gasteiger partial charge < -0.3 is 15.5 Å². The SMILES string of the molecule is Cc1ccc(CNC(=O)c2ccc(N)cc2C)o1. The van der Waals surface area contributed by atoms with Gasteiger partial charge in [-0.05, 0) is 49.7 Å². The molecule has 0 saturated carbocycles. The first-order valence-electron chi connectivity index (χ1n) is 5.76. The van der Waals surface area contributed by atoms with Crippen molar-refractivity contribution >= 4 is 11.6 Å². The second kappa shape index (κ2) is 4.96. The summed E-state index contributed by atoms with van der Waals surface area (Å²) in [6.45, 7) is 4.12. The molecule has 1 amide bonds. The minimum absolute atomic E-state index is 0.124. The smallest absolute Gasteiger partial charge is 0.251 e. The number of nitrogens with one attached hydrogen (secondary N) is 1. The molecule has 0 spiro atoms. The number of aryl methyl sites for hydroxylation is 2. The molecule has 0 bridgehead atoms. The van der Waals surface area contributed by atoms with Crippen LogP contribution in [-0.2, 0) is 6.54 Å². The third-order valence-corrected chi connectivity index (χ3v) is 2.71. The van der Waals surface area contributed by atoms with Crippen molar-refractivity contribution in [3.8, 4) is 0 Å². The van der Waals surface area contributed by atoms with E-state index in [1.54, 1.807) is 18.2 Å². The Hall–Kier alpha value is -2.23. The third kappa shape index (κ3) is 2.71. The van der Waals surface area contributed by atoms with E-state index in [4.69, 9.17) is 10.2 Å². The Bertz CT molecular complexity index is 573. The lowest BCUT2D eigenvalue weighted by molar-refractivity contribution is 0.0947. The minimum Gasteiger partial charge on any atom is -0.465 e. The fourth-order valence-corrected chi connectivity index (χ4v) is 1.78. The highest BCUT2D eigenvalue weighted by Crippen LogP contribution is 2.13. The number of amides is 1. The molecule has 2 rings (SSSR count). The van der Waals surface area contributed by atoms with Gasteiger partial charge >= 0.3 is 0 Å². The maximum Gasteiger partial charge on any atom is 0.251 e. The molecule has 2 aromatic rings. The number of hydrogen-bond acceptors (Lipinski definition) is 3. The molecule has 94 valence electrons. The standard InChI is InChI=1S/C14H16N2O2/c1-9-7-11(15)4-6-13(9)14(17)16-8-12-5-3-10(2)18-12/h3-7H,8,15H2,1-2H3,(H,16,17).